The molecule has 32 heavy (non-hydrogen) atoms. The van der Waals surface area contributed by atoms with Crippen LogP contribution < -0.4 is 4.74 Å². The summed E-state index contributed by atoms with van der Waals surface area (Å²) in [5, 5.41) is 0. The second-order valence-electron chi connectivity index (χ2n) is 7.32. The van der Waals surface area contributed by atoms with Crippen LogP contribution in [0.25, 0.3) is 0 Å². The molecule has 1 fully saturated rings. The number of piperidine rings is 1. The Morgan fingerprint density at radius 1 is 1.03 bits per heavy atom. The molecule has 0 bridgehead atoms. The quantitative estimate of drug-likeness (QED) is 0.502. The number of hydrogen-bond acceptors (Lipinski definition) is 6. The number of carbonyl (C=O) groups is 3. The first-order chi connectivity index (χ1) is 15.5. The van der Waals surface area contributed by atoms with Gasteiger partial charge in [-0.25, -0.2) is 18.8 Å². The maximum Gasteiger partial charge on any atom is 0.415 e. The molecule has 0 aliphatic carbocycles. The molecule has 3 rings (SSSR count). The van der Waals surface area contributed by atoms with E-state index in [2.05, 4.69) is 4.74 Å². The third-order valence-corrected chi connectivity index (χ3v) is 5.24. The zero-order valence-electron chi connectivity index (χ0n) is 17.6. The minimum Gasteiger partial charge on any atom is -0.466 e. The molecule has 1 aliphatic rings. The number of esters is 2. The van der Waals surface area contributed by atoms with Gasteiger partial charge in [0.25, 0.3) is 0 Å². The summed E-state index contributed by atoms with van der Waals surface area (Å²) < 4.78 is 28.6. The van der Waals surface area contributed by atoms with Crippen LogP contribution in [0.3, 0.4) is 0 Å². The summed E-state index contributed by atoms with van der Waals surface area (Å²) >= 11 is 0. The Balaban J connectivity index is 1.69. The second kappa shape index (κ2) is 11.1. The Labute approximate surface area is 185 Å². The van der Waals surface area contributed by atoms with Gasteiger partial charge in [-0.3, -0.25) is 0 Å². The lowest BCUT2D eigenvalue weighted by Crippen LogP contribution is -2.45. The average Bonchev–Trinajstić information content (AvgIpc) is 2.82. The molecule has 0 spiro atoms. The van der Waals surface area contributed by atoms with Gasteiger partial charge in [-0.15, -0.1) is 0 Å². The number of carbonyl (C=O) groups excluding carboxylic acids is 3. The molecule has 1 saturated heterocycles. The van der Waals surface area contributed by atoms with Gasteiger partial charge < -0.3 is 19.1 Å². The highest BCUT2D eigenvalue weighted by molar-refractivity contribution is 5.91. The molecule has 1 heterocycles. The first-order valence-corrected chi connectivity index (χ1v) is 10.2. The lowest BCUT2D eigenvalue weighted by atomic mass is 9.81. The number of amides is 1. The summed E-state index contributed by atoms with van der Waals surface area (Å²) in [7, 11) is 1.20. The fourth-order valence-corrected chi connectivity index (χ4v) is 3.61. The Hall–Kier alpha value is -3.68. The van der Waals surface area contributed by atoms with Crippen molar-refractivity contribution in [3.8, 4) is 5.75 Å². The highest BCUT2D eigenvalue weighted by atomic mass is 19.1. The van der Waals surface area contributed by atoms with E-state index in [9.17, 15) is 18.8 Å². The van der Waals surface area contributed by atoms with Crippen molar-refractivity contribution in [2.45, 2.75) is 12.3 Å². The number of methoxy groups -OCH3 is 1. The van der Waals surface area contributed by atoms with E-state index in [0.717, 1.165) is 17.7 Å². The van der Waals surface area contributed by atoms with Crippen LogP contribution in [0.5, 0.6) is 5.75 Å². The number of nitrogens with zero attached hydrogens (tertiary/aromatic N) is 1. The van der Waals surface area contributed by atoms with E-state index in [1.807, 2.05) is 6.07 Å². The van der Waals surface area contributed by atoms with Crippen molar-refractivity contribution >= 4 is 18.0 Å². The van der Waals surface area contributed by atoms with Gasteiger partial charge in [0.2, 0.25) is 0 Å². The Morgan fingerprint density at radius 3 is 2.41 bits per heavy atom. The average molecular weight is 441 g/mol. The third kappa shape index (κ3) is 6.41. The van der Waals surface area contributed by atoms with Gasteiger partial charge in [0.15, 0.2) is 0 Å². The zero-order valence-corrected chi connectivity index (χ0v) is 17.6. The molecule has 2 aromatic rings. The van der Waals surface area contributed by atoms with E-state index in [1.54, 1.807) is 41.3 Å². The van der Waals surface area contributed by atoms with Crippen molar-refractivity contribution in [3.05, 3.63) is 78.1 Å². The van der Waals surface area contributed by atoms with E-state index in [4.69, 9.17) is 9.47 Å². The van der Waals surface area contributed by atoms with Crippen LogP contribution >= 0.6 is 0 Å². The van der Waals surface area contributed by atoms with Crippen LogP contribution in [-0.4, -0.2) is 49.7 Å². The number of rotatable bonds is 6. The monoisotopic (exact) mass is 441 g/mol. The Bertz CT molecular complexity index is 960. The standard InChI is InChI=1S/C24H24FNO6/c1-30-22(27)11-12-23(28)31-16-18-15-26(24(29)32-20-5-3-2-4-6-20)14-13-21(18)17-7-9-19(25)10-8-17/h2-12,18,21H,13-16H2,1H3/t18-,21-/m0/s1. The largest absolute Gasteiger partial charge is 0.466 e. The van der Waals surface area contributed by atoms with Crippen molar-refractivity contribution < 1.29 is 33.0 Å². The van der Waals surface area contributed by atoms with E-state index in [-0.39, 0.29) is 24.3 Å². The van der Waals surface area contributed by atoms with E-state index >= 15 is 0 Å². The van der Waals surface area contributed by atoms with Gasteiger partial charge >= 0.3 is 18.0 Å². The Kier molecular flexibility index (Phi) is 7.96. The molecule has 0 unspecified atom stereocenters. The lowest BCUT2D eigenvalue weighted by Gasteiger charge is -2.38. The molecule has 1 amide bonds. The van der Waals surface area contributed by atoms with Crippen molar-refractivity contribution in [2.24, 2.45) is 5.92 Å². The normalized spacial score (nSPS) is 18.2. The molecule has 0 radical (unpaired) electrons. The fourth-order valence-electron chi connectivity index (χ4n) is 3.61. The Morgan fingerprint density at radius 2 is 1.72 bits per heavy atom. The zero-order chi connectivity index (χ0) is 22.9. The van der Waals surface area contributed by atoms with Crippen LogP contribution in [-0.2, 0) is 19.1 Å². The van der Waals surface area contributed by atoms with E-state index < -0.39 is 18.0 Å². The van der Waals surface area contributed by atoms with Gasteiger partial charge in [0.05, 0.1) is 13.7 Å². The summed E-state index contributed by atoms with van der Waals surface area (Å²) in [6.45, 7) is 0.754. The molecule has 0 N–H and O–H groups in total. The molecule has 1 aliphatic heterocycles. The predicted octanol–water partition coefficient (Wildman–Crippen LogP) is 3.70. The topological polar surface area (TPSA) is 82.1 Å². The summed E-state index contributed by atoms with van der Waals surface area (Å²) in [5.41, 5.74) is 0.897. The third-order valence-electron chi connectivity index (χ3n) is 5.24. The summed E-state index contributed by atoms with van der Waals surface area (Å²) in [6.07, 6.45) is 2.07. The molecular weight excluding hydrogens is 417 g/mol. The minimum absolute atomic E-state index is 0.0154. The van der Waals surface area contributed by atoms with Crippen LogP contribution in [0.15, 0.2) is 66.7 Å². The van der Waals surface area contributed by atoms with Crippen LogP contribution in [0.4, 0.5) is 9.18 Å². The smallest absolute Gasteiger partial charge is 0.415 e. The first-order valence-electron chi connectivity index (χ1n) is 10.2. The molecule has 168 valence electrons. The number of halogens is 1. The van der Waals surface area contributed by atoms with Crippen molar-refractivity contribution in [3.63, 3.8) is 0 Å². The van der Waals surface area contributed by atoms with Gasteiger partial charge in [0.1, 0.15) is 11.6 Å². The molecule has 0 aromatic heterocycles. The molecule has 2 aromatic carbocycles. The molecular formula is C24H24FNO6. The van der Waals surface area contributed by atoms with Crippen LogP contribution in [0.2, 0.25) is 0 Å². The van der Waals surface area contributed by atoms with Crippen LogP contribution in [0.1, 0.15) is 17.9 Å². The number of hydrogen-bond donors (Lipinski definition) is 0. The lowest BCUT2D eigenvalue weighted by molar-refractivity contribution is -0.141. The summed E-state index contributed by atoms with van der Waals surface area (Å²) in [4.78, 5) is 37.3. The second-order valence-corrected chi connectivity index (χ2v) is 7.32. The highest BCUT2D eigenvalue weighted by Crippen LogP contribution is 2.34. The van der Waals surface area contributed by atoms with Crippen molar-refractivity contribution in [2.75, 3.05) is 26.8 Å². The van der Waals surface area contributed by atoms with Gasteiger partial charge in [-0.2, -0.15) is 0 Å². The van der Waals surface area contributed by atoms with Gasteiger partial charge in [-0.05, 0) is 42.2 Å². The number of para-hydroxylation sites is 1. The molecule has 8 heteroatoms. The summed E-state index contributed by atoms with van der Waals surface area (Å²) in [5.74, 6) is -1.56. The van der Waals surface area contributed by atoms with Gasteiger partial charge in [0, 0.05) is 31.2 Å². The predicted molar refractivity (Wildman–Crippen MR) is 113 cm³/mol. The number of ether oxygens (including phenoxy) is 3. The number of benzene rings is 2. The van der Waals surface area contributed by atoms with Crippen molar-refractivity contribution in [1.29, 1.82) is 0 Å². The first kappa shape index (κ1) is 23.0. The van der Waals surface area contributed by atoms with Crippen molar-refractivity contribution in [1.82, 2.24) is 4.90 Å². The van der Waals surface area contributed by atoms with E-state index in [1.165, 1.54) is 19.2 Å². The molecule has 7 nitrogen and oxygen atoms in total. The SMILES string of the molecule is COC(=O)C=CC(=O)OC[C@@H]1CN(C(=O)Oc2ccccc2)CC[C@H]1c1ccc(F)cc1. The molecule has 2 atom stereocenters. The number of likely N-dealkylation sites (tertiary alicyclic amines) is 1. The maximum absolute atomic E-state index is 13.4. The van der Waals surface area contributed by atoms with E-state index in [0.29, 0.717) is 25.3 Å². The van der Waals surface area contributed by atoms with Gasteiger partial charge in [-0.1, -0.05) is 30.3 Å². The fraction of sp³-hybridized carbons (Fsp3) is 0.292. The minimum atomic E-state index is -0.697. The van der Waals surface area contributed by atoms with Crippen LogP contribution in [0, 0.1) is 11.7 Å². The molecule has 0 saturated carbocycles. The highest BCUT2D eigenvalue weighted by Gasteiger charge is 2.34. The maximum atomic E-state index is 13.4. The summed E-state index contributed by atoms with van der Waals surface area (Å²) in [6, 6.07) is 14.9.